The Morgan fingerprint density at radius 3 is 2.51 bits per heavy atom. The number of hydrogen-bond donors (Lipinski definition) is 0. The second-order valence-electron chi connectivity index (χ2n) is 8.46. The number of amides is 1. The molecule has 0 saturated heterocycles. The van der Waals surface area contributed by atoms with E-state index in [1.165, 1.54) is 47.0 Å². The lowest BCUT2D eigenvalue weighted by atomic mass is 10.0. The number of benzene rings is 3. The molecule has 0 saturated carbocycles. The van der Waals surface area contributed by atoms with E-state index in [9.17, 15) is 18.0 Å². The van der Waals surface area contributed by atoms with Crippen molar-refractivity contribution in [3.63, 3.8) is 0 Å². The number of carbonyl (C=O) groups is 2. The average molecular weight is 556 g/mol. The molecule has 0 N–H and O–H groups in total. The summed E-state index contributed by atoms with van der Waals surface area (Å²) in [6.07, 6.45) is 0.650. The fraction of sp³-hybridized carbons (Fsp3) is 0.192. The van der Waals surface area contributed by atoms with Crippen molar-refractivity contribution in [2.45, 2.75) is 24.4 Å². The first-order valence-corrected chi connectivity index (χ1v) is 14.0. The van der Waals surface area contributed by atoms with Crippen molar-refractivity contribution in [1.29, 1.82) is 0 Å². The van der Waals surface area contributed by atoms with Crippen molar-refractivity contribution in [2.24, 2.45) is 4.99 Å². The molecule has 37 heavy (non-hydrogen) atoms. The van der Waals surface area contributed by atoms with Crippen LogP contribution in [0.3, 0.4) is 0 Å². The minimum absolute atomic E-state index is 0.112. The Bertz CT molecular complexity index is 1690. The molecule has 0 unspecified atom stereocenters. The van der Waals surface area contributed by atoms with Crippen LogP contribution in [0.25, 0.3) is 10.2 Å². The second kappa shape index (κ2) is 10.2. The molecule has 0 aliphatic carbocycles. The lowest BCUT2D eigenvalue weighted by molar-refractivity contribution is -0.141. The monoisotopic (exact) mass is 555 g/mol. The Balaban J connectivity index is 1.43. The van der Waals surface area contributed by atoms with Crippen LogP contribution in [0.15, 0.2) is 76.6 Å². The summed E-state index contributed by atoms with van der Waals surface area (Å²) in [4.78, 5) is 29.6. The SMILES string of the molecule is COC(=O)Cn1c(=NC(=O)c2ccc(S(=O)(=O)N3CCc4ccccc4C3)cc2)sc2cc(Cl)ccc21. The highest BCUT2D eigenvalue weighted by molar-refractivity contribution is 7.89. The molecule has 1 amide bonds. The van der Waals surface area contributed by atoms with Gasteiger partial charge in [0.25, 0.3) is 5.91 Å². The predicted octanol–water partition coefficient (Wildman–Crippen LogP) is 4.02. The van der Waals surface area contributed by atoms with E-state index in [2.05, 4.69) is 4.99 Å². The van der Waals surface area contributed by atoms with Crippen LogP contribution in [0, 0.1) is 0 Å². The summed E-state index contributed by atoms with van der Waals surface area (Å²) < 4.78 is 35.1. The molecule has 4 aromatic rings. The third-order valence-electron chi connectivity index (χ3n) is 6.19. The van der Waals surface area contributed by atoms with E-state index in [0.717, 1.165) is 15.8 Å². The highest BCUT2D eigenvalue weighted by atomic mass is 35.5. The van der Waals surface area contributed by atoms with Gasteiger partial charge in [-0.1, -0.05) is 47.2 Å². The van der Waals surface area contributed by atoms with Gasteiger partial charge in [0.15, 0.2) is 4.80 Å². The predicted molar refractivity (Wildman–Crippen MR) is 141 cm³/mol. The summed E-state index contributed by atoms with van der Waals surface area (Å²) >= 11 is 7.32. The zero-order valence-corrected chi connectivity index (χ0v) is 22.1. The normalized spacial score (nSPS) is 14.5. The first-order chi connectivity index (χ1) is 17.8. The first kappa shape index (κ1) is 25.3. The lowest BCUT2D eigenvalue weighted by Gasteiger charge is -2.28. The van der Waals surface area contributed by atoms with Gasteiger partial charge in [-0.3, -0.25) is 9.59 Å². The number of thiazole rings is 1. The molecule has 1 aliphatic rings. The van der Waals surface area contributed by atoms with Gasteiger partial charge < -0.3 is 9.30 Å². The van der Waals surface area contributed by atoms with Gasteiger partial charge in [-0.05, 0) is 60.0 Å². The third kappa shape index (κ3) is 5.10. The topological polar surface area (TPSA) is 98.0 Å². The van der Waals surface area contributed by atoms with Gasteiger partial charge in [-0.15, -0.1) is 0 Å². The maximum atomic E-state index is 13.2. The number of hydrogen-bond acceptors (Lipinski definition) is 6. The van der Waals surface area contributed by atoms with Crippen molar-refractivity contribution < 1.29 is 22.7 Å². The number of halogens is 1. The molecular formula is C26H22ClN3O5S2. The van der Waals surface area contributed by atoms with Crippen LogP contribution in [0.5, 0.6) is 0 Å². The lowest BCUT2D eigenvalue weighted by Crippen LogP contribution is -2.35. The van der Waals surface area contributed by atoms with Gasteiger partial charge in [-0.2, -0.15) is 9.30 Å². The maximum absolute atomic E-state index is 13.2. The molecule has 0 fully saturated rings. The Morgan fingerprint density at radius 1 is 1.05 bits per heavy atom. The molecule has 5 rings (SSSR count). The van der Waals surface area contributed by atoms with E-state index in [1.54, 1.807) is 22.8 Å². The standard InChI is InChI=1S/C26H22ClN3O5S2/c1-35-24(31)16-30-22-11-8-20(27)14-23(22)36-26(30)28-25(32)18-6-9-21(10-7-18)37(33,34)29-13-12-17-4-2-3-5-19(17)15-29/h2-11,14H,12-13,15-16H2,1H3. The Hall–Kier alpha value is -3.31. The van der Waals surface area contributed by atoms with Crippen molar-refractivity contribution >= 4 is 55.1 Å². The number of aromatic nitrogens is 1. The van der Waals surface area contributed by atoms with Crippen molar-refractivity contribution in [3.05, 3.63) is 93.2 Å². The molecule has 2 heterocycles. The first-order valence-electron chi connectivity index (χ1n) is 11.4. The molecule has 0 atom stereocenters. The summed E-state index contributed by atoms with van der Waals surface area (Å²) in [5, 5.41) is 0.519. The van der Waals surface area contributed by atoms with Crippen LogP contribution in [0.1, 0.15) is 21.5 Å². The molecule has 1 aliphatic heterocycles. The average Bonchev–Trinajstić information content (AvgIpc) is 3.23. The maximum Gasteiger partial charge on any atom is 0.325 e. The second-order valence-corrected chi connectivity index (χ2v) is 11.8. The Kier molecular flexibility index (Phi) is 7.00. The number of methoxy groups -OCH3 is 1. The summed E-state index contributed by atoms with van der Waals surface area (Å²) in [6, 6.07) is 18.7. The zero-order valence-electron chi connectivity index (χ0n) is 19.8. The molecule has 0 radical (unpaired) electrons. The van der Waals surface area contributed by atoms with Gasteiger partial charge in [0.2, 0.25) is 10.0 Å². The van der Waals surface area contributed by atoms with E-state index >= 15 is 0 Å². The third-order valence-corrected chi connectivity index (χ3v) is 9.33. The Morgan fingerprint density at radius 2 is 1.78 bits per heavy atom. The number of rotatable bonds is 5. The fourth-order valence-electron chi connectivity index (χ4n) is 4.22. The minimum Gasteiger partial charge on any atom is -0.468 e. The van der Waals surface area contributed by atoms with Gasteiger partial charge in [-0.25, -0.2) is 8.42 Å². The highest BCUT2D eigenvalue weighted by Crippen LogP contribution is 2.25. The van der Waals surface area contributed by atoms with Gasteiger partial charge in [0, 0.05) is 23.7 Å². The van der Waals surface area contributed by atoms with Gasteiger partial charge in [0.1, 0.15) is 6.54 Å². The highest BCUT2D eigenvalue weighted by Gasteiger charge is 2.28. The van der Waals surface area contributed by atoms with Crippen LogP contribution in [0.2, 0.25) is 5.02 Å². The smallest absolute Gasteiger partial charge is 0.325 e. The van der Waals surface area contributed by atoms with Crippen molar-refractivity contribution in [1.82, 2.24) is 8.87 Å². The molecule has 190 valence electrons. The van der Waals surface area contributed by atoms with E-state index < -0.39 is 21.9 Å². The quantitative estimate of drug-likeness (QED) is 0.346. The van der Waals surface area contributed by atoms with E-state index in [4.69, 9.17) is 16.3 Å². The number of ether oxygens (including phenoxy) is 1. The number of fused-ring (bicyclic) bond motifs is 2. The molecule has 8 nitrogen and oxygen atoms in total. The Labute approximate surface area is 222 Å². The fourth-order valence-corrected chi connectivity index (χ4v) is 6.95. The summed E-state index contributed by atoms with van der Waals surface area (Å²) in [6.45, 7) is 0.580. The van der Waals surface area contributed by atoms with Crippen molar-refractivity contribution in [3.8, 4) is 0 Å². The molecule has 3 aromatic carbocycles. The largest absolute Gasteiger partial charge is 0.468 e. The van der Waals surface area contributed by atoms with Gasteiger partial charge in [0.05, 0.1) is 22.2 Å². The summed E-state index contributed by atoms with van der Waals surface area (Å²) in [5.41, 5.74) is 3.07. The van der Waals surface area contributed by atoms with Crippen LogP contribution in [-0.2, 0) is 39.1 Å². The summed E-state index contributed by atoms with van der Waals surface area (Å²) in [5.74, 6) is -1.05. The summed E-state index contributed by atoms with van der Waals surface area (Å²) in [7, 11) is -2.44. The molecule has 0 spiro atoms. The number of carbonyl (C=O) groups excluding carboxylic acids is 2. The van der Waals surface area contributed by atoms with E-state index in [-0.39, 0.29) is 17.0 Å². The minimum atomic E-state index is -3.73. The van der Waals surface area contributed by atoms with E-state index in [0.29, 0.717) is 34.9 Å². The molecule has 0 bridgehead atoms. The van der Waals surface area contributed by atoms with E-state index in [1.807, 2.05) is 24.3 Å². The zero-order chi connectivity index (χ0) is 26.2. The molecular weight excluding hydrogens is 534 g/mol. The van der Waals surface area contributed by atoms with Crippen molar-refractivity contribution in [2.75, 3.05) is 13.7 Å². The van der Waals surface area contributed by atoms with Crippen LogP contribution >= 0.6 is 22.9 Å². The van der Waals surface area contributed by atoms with Crippen LogP contribution in [-0.4, -0.2) is 42.8 Å². The molecule has 1 aromatic heterocycles. The number of sulfonamides is 1. The van der Waals surface area contributed by atoms with Crippen LogP contribution in [0.4, 0.5) is 0 Å². The molecule has 11 heteroatoms. The number of nitrogens with zero attached hydrogens (tertiary/aromatic N) is 3. The van der Waals surface area contributed by atoms with Crippen LogP contribution < -0.4 is 4.80 Å². The number of esters is 1. The van der Waals surface area contributed by atoms with Gasteiger partial charge >= 0.3 is 5.97 Å².